The van der Waals surface area contributed by atoms with Crippen molar-refractivity contribution >= 4 is 11.8 Å². The molecule has 1 aromatic carbocycles. The van der Waals surface area contributed by atoms with E-state index >= 15 is 0 Å². The van der Waals surface area contributed by atoms with Gasteiger partial charge in [0, 0.05) is 5.92 Å². The van der Waals surface area contributed by atoms with Crippen LogP contribution in [0.4, 0.5) is 0 Å². The predicted octanol–water partition coefficient (Wildman–Crippen LogP) is 1.02. The number of hydrogen-bond donors (Lipinski definition) is 2. The van der Waals surface area contributed by atoms with Gasteiger partial charge >= 0.3 is 0 Å². The van der Waals surface area contributed by atoms with E-state index in [0.29, 0.717) is 17.9 Å². The minimum atomic E-state index is -0.776. The monoisotopic (exact) mass is 278 g/mol. The van der Waals surface area contributed by atoms with Crippen LogP contribution in [-0.4, -0.2) is 24.5 Å². The fraction of sp³-hybridized carbons (Fsp3) is 0.429. The zero-order valence-electron chi connectivity index (χ0n) is 11.5. The van der Waals surface area contributed by atoms with Crippen molar-refractivity contribution < 1.29 is 19.1 Å². The molecule has 20 heavy (non-hydrogen) atoms. The van der Waals surface area contributed by atoms with Gasteiger partial charge in [0.2, 0.25) is 12.0 Å². The number of benzene rings is 1. The zero-order valence-corrected chi connectivity index (χ0v) is 11.5. The van der Waals surface area contributed by atoms with Gasteiger partial charge in [0.25, 0.3) is 5.91 Å². The Morgan fingerprint density at radius 1 is 1.30 bits per heavy atom. The molecule has 0 fully saturated rings. The van der Waals surface area contributed by atoms with Crippen LogP contribution >= 0.6 is 0 Å². The minimum Gasteiger partial charge on any atom is -0.485 e. The lowest BCUT2D eigenvalue weighted by Gasteiger charge is -2.25. The number of fused-ring (bicyclic) bond motifs is 1. The molecule has 2 N–H and O–H groups in total. The first-order valence-electron chi connectivity index (χ1n) is 6.60. The van der Waals surface area contributed by atoms with Gasteiger partial charge in [0.05, 0.1) is 0 Å². The molecule has 0 aliphatic carbocycles. The summed E-state index contributed by atoms with van der Waals surface area (Å²) in [5, 5.41) is 0. The highest BCUT2D eigenvalue weighted by atomic mass is 16.6. The second-order valence-electron chi connectivity index (χ2n) is 4.65. The summed E-state index contributed by atoms with van der Waals surface area (Å²) in [5.74, 6) is 0.320. The average Bonchev–Trinajstić information content (AvgIpc) is 2.50. The van der Waals surface area contributed by atoms with Crippen molar-refractivity contribution in [3.05, 3.63) is 24.3 Å². The SMILES string of the molecule is CCC(C)C(=O)NNC(=O)C1COc2ccccc2O1. The number of hydrogen-bond acceptors (Lipinski definition) is 4. The van der Waals surface area contributed by atoms with E-state index in [4.69, 9.17) is 9.47 Å². The maximum atomic E-state index is 11.9. The fourth-order valence-corrected chi connectivity index (χ4v) is 1.66. The quantitative estimate of drug-likeness (QED) is 0.809. The highest BCUT2D eigenvalue weighted by molar-refractivity contribution is 5.85. The van der Waals surface area contributed by atoms with E-state index in [1.807, 2.05) is 13.0 Å². The van der Waals surface area contributed by atoms with Gasteiger partial charge in [-0.1, -0.05) is 26.0 Å². The van der Waals surface area contributed by atoms with Gasteiger partial charge in [0.15, 0.2) is 11.5 Å². The molecule has 2 unspecified atom stereocenters. The van der Waals surface area contributed by atoms with Gasteiger partial charge < -0.3 is 9.47 Å². The number of amides is 2. The summed E-state index contributed by atoms with van der Waals surface area (Å²) < 4.78 is 11.0. The zero-order chi connectivity index (χ0) is 14.5. The van der Waals surface area contributed by atoms with E-state index in [1.165, 1.54) is 0 Å². The minimum absolute atomic E-state index is 0.113. The third kappa shape index (κ3) is 3.20. The molecule has 0 saturated carbocycles. The first-order chi connectivity index (χ1) is 9.61. The Bertz CT molecular complexity index is 504. The van der Waals surface area contributed by atoms with Crippen LogP contribution in [0.25, 0.3) is 0 Å². The Morgan fingerprint density at radius 2 is 2.00 bits per heavy atom. The molecular weight excluding hydrogens is 260 g/mol. The van der Waals surface area contributed by atoms with Crippen LogP contribution < -0.4 is 20.3 Å². The number of nitrogens with one attached hydrogen (secondary N) is 2. The summed E-state index contributed by atoms with van der Waals surface area (Å²) in [5.41, 5.74) is 4.74. The highest BCUT2D eigenvalue weighted by Crippen LogP contribution is 2.30. The molecule has 108 valence electrons. The van der Waals surface area contributed by atoms with Gasteiger partial charge in [-0.05, 0) is 18.6 Å². The van der Waals surface area contributed by atoms with Crippen LogP contribution in [0.15, 0.2) is 24.3 Å². The van der Waals surface area contributed by atoms with E-state index in [1.54, 1.807) is 25.1 Å². The van der Waals surface area contributed by atoms with Crippen LogP contribution in [0.1, 0.15) is 20.3 Å². The molecule has 6 nitrogen and oxygen atoms in total. The third-order valence-electron chi connectivity index (χ3n) is 3.17. The molecule has 1 aliphatic rings. The van der Waals surface area contributed by atoms with Crippen molar-refractivity contribution in [1.29, 1.82) is 0 Å². The maximum Gasteiger partial charge on any atom is 0.283 e. The van der Waals surface area contributed by atoms with Gasteiger partial charge in [-0.2, -0.15) is 0 Å². The molecule has 1 aromatic rings. The highest BCUT2D eigenvalue weighted by Gasteiger charge is 2.27. The number of rotatable bonds is 3. The number of ether oxygens (including phenoxy) is 2. The van der Waals surface area contributed by atoms with E-state index < -0.39 is 12.0 Å². The molecule has 0 radical (unpaired) electrons. The molecule has 0 bridgehead atoms. The van der Waals surface area contributed by atoms with Gasteiger partial charge in [0.1, 0.15) is 6.61 Å². The van der Waals surface area contributed by atoms with Crippen LogP contribution in [0, 0.1) is 5.92 Å². The molecule has 0 aromatic heterocycles. The lowest BCUT2D eigenvalue weighted by Crippen LogP contribution is -2.51. The van der Waals surface area contributed by atoms with Crippen LogP contribution in [0.5, 0.6) is 11.5 Å². The molecule has 1 heterocycles. The normalized spacial score (nSPS) is 18.0. The second kappa shape index (κ2) is 6.27. The summed E-state index contributed by atoms with van der Waals surface area (Å²) in [6, 6.07) is 7.13. The van der Waals surface area contributed by atoms with Crippen molar-refractivity contribution in [2.24, 2.45) is 5.92 Å². The maximum absolute atomic E-state index is 11.9. The van der Waals surface area contributed by atoms with Crippen LogP contribution in [0.3, 0.4) is 0 Å². The lowest BCUT2D eigenvalue weighted by molar-refractivity contribution is -0.136. The van der Waals surface area contributed by atoms with E-state index in [-0.39, 0.29) is 18.4 Å². The van der Waals surface area contributed by atoms with E-state index in [9.17, 15) is 9.59 Å². The molecule has 0 spiro atoms. The van der Waals surface area contributed by atoms with Crippen molar-refractivity contribution in [3.63, 3.8) is 0 Å². The third-order valence-corrected chi connectivity index (χ3v) is 3.17. The summed E-state index contributed by atoms with van der Waals surface area (Å²) in [4.78, 5) is 23.5. The van der Waals surface area contributed by atoms with Gasteiger partial charge in [-0.15, -0.1) is 0 Å². The van der Waals surface area contributed by atoms with E-state index in [0.717, 1.165) is 0 Å². The number of carbonyl (C=O) groups excluding carboxylic acids is 2. The van der Waals surface area contributed by atoms with Crippen LogP contribution in [0.2, 0.25) is 0 Å². The molecular formula is C14H18N2O4. The lowest BCUT2D eigenvalue weighted by atomic mass is 10.1. The summed E-state index contributed by atoms with van der Waals surface area (Å²) in [6.45, 7) is 3.81. The standard InChI is InChI=1S/C14H18N2O4/c1-3-9(2)13(17)15-16-14(18)12-8-19-10-6-4-5-7-11(10)20-12/h4-7,9,12H,3,8H2,1-2H3,(H,15,17)(H,16,18). The first kappa shape index (κ1) is 14.2. The van der Waals surface area contributed by atoms with Crippen molar-refractivity contribution in [3.8, 4) is 11.5 Å². The molecule has 2 amide bonds. The van der Waals surface area contributed by atoms with Crippen molar-refractivity contribution in [2.75, 3.05) is 6.61 Å². The average molecular weight is 278 g/mol. The molecule has 6 heteroatoms. The first-order valence-corrected chi connectivity index (χ1v) is 6.60. The van der Waals surface area contributed by atoms with E-state index in [2.05, 4.69) is 10.9 Å². The second-order valence-corrected chi connectivity index (χ2v) is 4.65. The Hall–Kier alpha value is -2.24. The predicted molar refractivity (Wildman–Crippen MR) is 72.1 cm³/mol. The molecule has 1 aliphatic heterocycles. The topological polar surface area (TPSA) is 76.7 Å². The Labute approximate surface area is 117 Å². The summed E-state index contributed by atoms with van der Waals surface area (Å²) in [6.07, 6.45) is -0.0693. The number of para-hydroxylation sites is 2. The van der Waals surface area contributed by atoms with Crippen molar-refractivity contribution in [1.82, 2.24) is 10.9 Å². The number of hydrazine groups is 1. The summed E-state index contributed by atoms with van der Waals surface area (Å²) in [7, 11) is 0. The fourth-order valence-electron chi connectivity index (χ4n) is 1.66. The molecule has 2 rings (SSSR count). The number of carbonyl (C=O) groups is 2. The molecule has 0 saturated heterocycles. The smallest absolute Gasteiger partial charge is 0.283 e. The Morgan fingerprint density at radius 3 is 2.70 bits per heavy atom. The van der Waals surface area contributed by atoms with Gasteiger partial charge in [-0.25, -0.2) is 0 Å². The van der Waals surface area contributed by atoms with Gasteiger partial charge in [-0.3, -0.25) is 20.4 Å². The largest absolute Gasteiger partial charge is 0.485 e. The van der Waals surface area contributed by atoms with Crippen molar-refractivity contribution in [2.45, 2.75) is 26.4 Å². The Kier molecular flexibility index (Phi) is 4.45. The summed E-state index contributed by atoms with van der Waals surface area (Å²) >= 11 is 0. The Balaban J connectivity index is 1.87. The molecule has 2 atom stereocenters. The van der Waals surface area contributed by atoms with Crippen LogP contribution in [-0.2, 0) is 9.59 Å².